The number of carbonyl (C=O) groups is 1. The third kappa shape index (κ3) is 1.22. The van der Waals surface area contributed by atoms with Crippen molar-refractivity contribution in [3.8, 4) is 0 Å². The van der Waals surface area contributed by atoms with E-state index in [1.54, 1.807) is 0 Å². The van der Waals surface area contributed by atoms with Crippen LogP contribution in [0.2, 0.25) is 0 Å². The largest absolute Gasteiger partial charge is 0.477 e. The second-order valence-corrected chi connectivity index (χ2v) is 2.63. The molecule has 0 atom stereocenters. The van der Waals surface area contributed by atoms with E-state index in [2.05, 4.69) is 11.6 Å². The van der Waals surface area contributed by atoms with Gasteiger partial charge in [-0.3, -0.25) is 0 Å². The van der Waals surface area contributed by atoms with E-state index < -0.39 is 5.97 Å². The van der Waals surface area contributed by atoms with Crippen LogP contribution in [0.25, 0.3) is 6.08 Å². The SMILES string of the molecule is C=Cc1ncc(C(=O)O)s1. The number of nitrogens with zero attached hydrogens (tertiary/aromatic N) is 1. The van der Waals surface area contributed by atoms with Gasteiger partial charge in [0.25, 0.3) is 0 Å². The second-order valence-electron chi connectivity index (χ2n) is 1.57. The van der Waals surface area contributed by atoms with Crippen LogP contribution in [0.15, 0.2) is 12.8 Å². The van der Waals surface area contributed by atoms with Crippen LogP contribution in [-0.4, -0.2) is 16.1 Å². The van der Waals surface area contributed by atoms with Gasteiger partial charge in [0, 0.05) is 0 Å². The van der Waals surface area contributed by atoms with E-state index in [9.17, 15) is 4.79 Å². The lowest BCUT2D eigenvalue weighted by molar-refractivity contribution is 0.0702. The van der Waals surface area contributed by atoms with E-state index in [1.807, 2.05) is 0 Å². The van der Waals surface area contributed by atoms with Crippen LogP contribution < -0.4 is 0 Å². The monoisotopic (exact) mass is 155 g/mol. The molecule has 0 aliphatic rings. The third-order valence-corrected chi connectivity index (χ3v) is 1.89. The van der Waals surface area contributed by atoms with Crippen molar-refractivity contribution in [2.24, 2.45) is 0 Å². The average molecular weight is 155 g/mol. The van der Waals surface area contributed by atoms with Crippen LogP contribution in [0.3, 0.4) is 0 Å². The maximum atomic E-state index is 10.3. The van der Waals surface area contributed by atoms with E-state index in [0.717, 1.165) is 11.3 Å². The smallest absolute Gasteiger partial charge is 0.347 e. The van der Waals surface area contributed by atoms with Crippen molar-refractivity contribution in [1.82, 2.24) is 4.98 Å². The summed E-state index contributed by atoms with van der Waals surface area (Å²) in [5, 5.41) is 9.07. The Morgan fingerprint density at radius 1 is 1.90 bits per heavy atom. The van der Waals surface area contributed by atoms with Gasteiger partial charge < -0.3 is 5.11 Å². The molecule has 0 unspecified atom stereocenters. The molecule has 10 heavy (non-hydrogen) atoms. The van der Waals surface area contributed by atoms with E-state index >= 15 is 0 Å². The molecule has 0 aromatic carbocycles. The van der Waals surface area contributed by atoms with Crippen LogP contribution in [0.1, 0.15) is 14.7 Å². The maximum absolute atomic E-state index is 10.3. The molecule has 0 spiro atoms. The van der Waals surface area contributed by atoms with Gasteiger partial charge >= 0.3 is 5.97 Å². The van der Waals surface area contributed by atoms with Gasteiger partial charge in [-0.25, -0.2) is 9.78 Å². The summed E-state index contributed by atoms with van der Waals surface area (Å²) < 4.78 is 0. The highest BCUT2D eigenvalue weighted by Gasteiger charge is 2.05. The summed E-state index contributed by atoms with van der Waals surface area (Å²) in [7, 11) is 0. The Labute approximate surface area is 61.7 Å². The lowest BCUT2D eigenvalue weighted by atomic mass is 10.6. The lowest BCUT2D eigenvalue weighted by Gasteiger charge is -1.78. The summed E-state index contributed by atoms with van der Waals surface area (Å²) in [4.78, 5) is 14.3. The number of rotatable bonds is 2. The van der Waals surface area contributed by atoms with Crippen molar-refractivity contribution < 1.29 is 9.90 Å². The van der Waals surface area contributed by atoms with E-state index in [4.69, 9.17) is 5.11 Å². The zero-order valence-corrected chi connectivity index (χ0v) is 5.89. The van der Waals surface area contributed by atoms with Gasteiger partial charge in [-0.1, -0.05) is 6.58 Å². The van der Waals surface area contributed by atoms with Crippen LogP contribution in [0, 0.1) is 0 Å². The Morgan fingerprint density at radius 3 is 2.90 bits per heavy atom. The third-order valence-electron chi connectivity index (χ3n) is 0.909. The van der Waals surface area contributed by atoms with Gasteiger partial charge in [0.15, 0.2) is 0 Å². The molecule has 0 aliphatic carbocycles. The number of carboxylic acid groups (broad SMARTS) is 1. The minimum absolute atomic E-state index is 0.245. The minimum atomic E-state index is -0.939. The van der Waals surface area contributed by atoms with Gasteiger partial charge in [-0.2, -0.15) is 0 Å². The molecule has 1 aromatic heterocycles. The topological polar surface area (TPSA) is 50.2 Å². The second kappa shape index (κ2) is 2.62. The minimum Gasteiger partial charge on any atom is -0.477 e. The average Bonchev–Trinajstić information content (AvgIpc) is 2.34. The molecule has 1 rings (SSSR count). The molecule has 0 saturated heterocycles. The van der Waals surface area contributed by atoms with Gasteiger partial charge in [0.05, 0.1) is 6.20 Å². The molecule has 3 nitrogen and oxygen atoms in total. The predicted molar refractivity (Wildman–Crippen MR) is 39.2 cm³/mol. The quantitative estimate of drug-likeness (QED) is 0.703. The highest BCUT2D eigenvalue weighted by atomic mass is 32.1. The zero-order valence-electron chi connectivity index (χ0n) is 5.07. The fraction of sp³-hybridized carbons (Fsp3) is 0. The fourth-order valence-electron chi connectivity index (χ4n) is 0.481. The Morgan fingerprint density at radius 2 is 2.60 bits per heavy atom. The molecule has 1 aromatic rings. The molecule has 1 N–H and O–H groups in total. The fourth-order valence-corrected chi connectivity index (χ4v) is 1.09. The van der Waals surface area contributed by atoms with E-state index in [0.29, 0.717) is 5.01 Å². The number of aromatic carboxylic acids is 1. The number of carboxylic acids is 1. The molecule has 0 fully saturated rings. The molecule has 0 amide bonds. The van der Waals surface area contributed by atoms with Crippen molar-refractivity contribution in [2.45, 2.75) is 0 Å². The molecule has 4 heteroatoms. The summed E-state index contributed by atoms with van der Waals surface area (Å²) in [6.07, 6.45) is 2.85. The van der Waals surface area contributed by atoms with Gasteiger partial charge in [0.2, 0.25) is 0 Å². The number of hydrogen-bond acceptors (Lipinski definition) is 3. The van der Waals surface area contributed by atoms with Crippen molar-refractivity contribution in [3.63, 3.8) is 0 Å². The van der Waals surface area contributed by atoms with Gasteiger partial charge in [0.1, 0.15) is 9.88 Å². The molecule has 0 aliphatic heterocycles. The van der Waals surface area contributed by atoms with Crippen LogP contribution in [-0.2, 0) is 0 Å². The lowest BCUT2D eigenvalue weighted by Crippen LogP contribution is -1.89. The Bertz CT molecular complexity index is 266. The van der Waals surface area contributed by atoms with Gasteiger partial charge in [-0.15, -0.1) is 11.3 Å². The van der Waals surface area contributed by atoms with E-state index in [1.165, 1.54) is 12.3 Å². The molecule has 1 heterocycles. The van der Waals surface area contributed by atoms with Crippen molar-refractivity contribution in [1.29, 1.82) is 0 Å². The Balaban J connectivity index is 2.98. The molecule has 0 saturated carbocycles. The Kier molecular flexibility index (Phi) is 1.82. The number of thiazole rings is 1. The number of aromatic nitrogens is 1. The van der Waals surface area contributed by atoms with Crippen molar-refractivity contribution in [2.75, 3.05) is 0 Å². The molecule has 0 bridgehead atoms. The van der Waals surface area contributed by atoms with E-state index in [-0.39, 0.29) is 4.88 Å². The first-order valence-electron chi connectivity index (χ1n) is 2.55. The first kappa shape index (κ1) is 6.95. The number of hydrogen-bond donors (Lipinski definition) is 1. The van der Waals surface area contributed by atoms with Crippen LogP contribution in [0.4, 0.5) is 0 Å². The molecule has 0 radical (unpaired) electrons. The summed E-state index contributed by atoms with van der Waals surface area (Å²) >= 11 is 1.11. The molecular formula is C6H5NO2S. The Hall–Kier alpha value is -1.16. The van der Waals surface area contributed by atoms with Crippen LogP contribution >= 0.6 is 11.3 Å². The molecular weight excluding hydrogens is 150 g/mol. The summed E-state index contributed by atoms with van der Waals surface area (Å²) in [6.45, 7) is 3.46. The predicted octanol–water partition coefficient (Wildman–Crippen LogP) is 1.48. The summed E-state index contributed by atoms with van der Waals surface area (Å²) in [6, 6.07) is 0. The first-order chi connectivity index (χ1) is 4.74. The molecule has 52 valence electrons. The first-order valence-corrected chi connectivity index (χ1v) is 3.37. The van der Waals surface area contributed by atoms with Gasteiger partial charge in [-0.05, 0) is 6.08 Å². The van der Waals surface area contributed by atoms with Crippen LogP contribution in [0.5, 0.6) is 0 Å². The standard InChI is InChI=1S/C6H5NO2S/c1-2-5-7-3-4(10-5)6(8)9/h2-3H,1H2,(H,8,9). The highest BCUT2D eigenvalue weighted by molar-refractivity contribution is 7.14. The summed E-state index contributed by atoms with van der Waals surface area (Å²) in [5.41, 5.74) is 0. The normalized spacial score (nSPS) is 9.20. The highest BCUT2D eigenvalue weighted by Crippen LogP contribution is 2.12. The maximum Gasteiger partial charge on any atom is 0.347 e. The van der Waals surface area contributed by atoms with Crippen molar-refractivity contribution in [3.05, 3.63) is 22.7 Å². The summed E-state index contributed by atoms with van der Waals surface area (Å²) in [5.74, 6) is -0.939. The zero-order chi connectivity index (χ0) is 7.56. The van der Waals surface area contributed by atoms with Crippen molar-refractivity contribution >= 4 is 23.4 Å².